The van der Waals surface area contributed by atoms with Crippen molar-refractivity contribution < 1.29 is 4.79 Å². The van der Waals surface area contributed by atoms with Crippen LogP contribution >= 0.6 is 11.6 Å². The lowest BCUT2D eigenvalue weighted by molar-refractivity contribution is -0.128. The van der Waals surface area contributed by atoms with E-state index in [2.05, 4.69) is 15.1 Å². The van der Waals surface area contributed by atoms with Gasteiger partial charge in [-0.3, -0.25) is 14.6 Å². The molecule has 0 radical (unpaired) electrons. The van der Waals surface area contributed by atoms with Gasteiger partial charge in [0.05, 0.1) is 0 Å². The maximum absolute atomic E-state index is 13.4. The highest BCUT2D eigenvalue weighted by atomic mass is 35.5. The Bertz CT molecular complexity index is 645. The second-order valence-corrected chi connectivity index (χ2v) is 9.60. The van der Waals surface area contributed by atoms with E-state index in [-0.39, 0.29) is 11.9 Å². The van der Waals surface area contributed by atoms with E-state index in [4.69, 9.17) is 11.6 Å². The molecule has 3 aliphatic rings. The summed E-state index contributed by atoms with van der Waals surface area (Å²) in [4.78, 5) is 18.4. The third-order valence-electron chi connectivity index (χ3n) is 7.19. The lowest BCUT2D eigenvalue weighted by atomic mass is 9.93. The number of halogens is 1. The molecule has 0 unspecified atom stereocenters. The number of carbonyl (C=O) groups excluding carboxylic acids is 1. The first kappa shape index (κ1) is 21.1. The lowest BCUT2D eigenvalue weighted by Crippen LogP contribution is -2.54. The van der Waals surface area contributed by atoms with Crippen LogP contribution in [0.1, 0.15) is 75.8 Å². The van der Waals surface area contributed by atoms with Crippen LogP contribution in [0.3, 0.4) is 0 Å². The van der Waals surface area contributed by atoms with Gasteiger partial charge in [0.2, 0.25) is 5.91 Å². The van der Waals surface area contributed by atoms with Crippen molar-refractivity contribution in [2.24, 2.45) is 0 Å². The fourth-order valence-electron chi connectivity index (χ4n) is 5.51. The van der Waals surface area contributed by atoms with Gasteiger partial charge in [0.1, 0.15) is 6.04 Å². The van der Waals surface area contributed by atoms with E-state index in [1.807, 2.05) is 24.3 Å². The van der Waals surface area contributed by atoms with E-state index in [1.54, 1.807) is 0 Å². The van der Waals surface area contributed by atoms with Crippen molar-refractivity contribution in [3.8, 4) is 0 Å². The number of hydrogen-bond acceptors (Lipinski definition) is 3. The molecule has 1 heterocycles. The van der Waals surface area contributed by atoms with Crippen molar-refractivity contribution in [3.05, 3.63) is 34.9 Å². The number of nitrogens with zero attached hydrogens (tertiary/aromatic N) is 2. The van der Waals surface area contributed by atoms with Gasteiger partial charge < -0.3 is 5.32 Å². The first-order valence-electron chi connectivity index (χ1n) is 11.7. The van der Waals surface area contributed by atoms with Crippen LogP contribution in [-0.4, -0.2) is 54.0 Å². The summed E-state index contributed by atoms with van der Waals surface area (Å²) in [7, 11) is 0. The summed E-state index contributed by atoms with van der Waals surface area (Å²) in [5.41, 5.74) is 1.06. The third kappa shape index (κ3) is 5.53. The highest BCUT2D eigenvalue weighted by Crippen LogP contribution is 2.28. The summed E-state index contributed by atoms with van der Waals surface area (Å²) >= 11 is 6.12. The van der Waals surface area contributed by atoms with Gasteiger partial charge in [-0.05, 0) is 43.4 Å². The Labute approximate surface area is 181 Å². The molecule has 3 fully saturated rings. The Morgan fingerprint density at radius 3 is 2.07 bits per heavy atom. The van der Waals surface area contributed by atoms with E-state index < -0.39 is 0 Å². The standard InChI is InChI=1S/C24H36ClN3O/c25-20-13-11-19(12-14-20)23(24(29)26-21-7-3-1-4-8-21)28-17-15-27(16-18-28)22-9-5-2-6-10-22/h11-14,21-23H,1-10,15-18H2,(H,26,29)/t23-/m1/s1. The van der Waals surface area contributed by atoms with Crippen molar-refractivity contribution in [2.45, 2.75) is 82.3 Å². The number of benzene rings is 1. The summed E-state index contributed by atoms with van der Waals surface area (Å²) in [6.45, 7) is 4.07. The molecule has 4 nitrogen and oxygen atoms in total. The molecule has 0 spiro atoms. The van der Waals surface area contributed by atoms with Gasteiger partial charge in [0.15, 0.2) is 0 Å². The number of amides is 1. The topological polar surface area (TPSA) is 35.6 Å². The van der Waals surface area contributed by atoms with E-state index in [0.717, 1.165) is 55.6 Å². The largest absolute Gasteiger partial charge is 0.352 e. The van der Waals surface area contributed by atoms with Crippen LogP contribution < -0.4 is 5.32 Å². The van der Waals surface area contributed by atoms with E-state index in [9.17, 15) is 4.79 Å². The molecule has 0 bridgehead atoms. The molecular formula is C24H36ClN3O. The molecule has 2 aliphatic carbocycles. The van der Waals surface area contributed by atoms with Crippen molar-refractivity contribution in [1.82, 2.24) is 15.1 Å². The first-order chi connectivity index (χ1) is 14.2. The summed E-state index contributed by atoms with van der Waals surface area (Å²) in [5.74, 6) is 0.172. The molecule has 1 N–H and O–H groups in total. The summed E-state index contributed by atoms with van der Waals surface area (Å²) < 4.78 is 0. The number of nitrogens with one attached hydrogen (secondary N) is 1. The summed E-state index contributed by atoms with van der Waals surface area (Å²) in [6, 6.07) is 8.78. The zero-order chi connectivity index (χ0) is 20.1. The van der Waals surface area contributed by atoms with Crippen LogP contribution in [0.5, 0.6) is 0 Å². The Kier molecular flexibility index (Phi) is 7.49. The van der Waals surface area contributed by atoms with Gasteiger partial charge in [-0.25, -0.2) is 0 Å². The van der Waals surface area contributed by atoms with Crippen molar-refractivity contribution in [2.75, 3.05) is 26.2 Å². The highest BCUT2D eigenvalue weighted by Gasteiger charge is 2.33. The molecule has 1 aliphatic heterocycles. The Morgan fingerprint density at radius 1 is 0.862 bits per heavy atom. The van der Waals surface area contributed by atoms with Crippen molar-refractivity contribution in [3.63, 3.8) is 0 Å². The van der Waals surface area contributed by atoms with Gasteiger partial charge in [-0.15, -0.1) is 0 Å². The Morgan fingerprint density at radius 2 is 1.45 bits per heavy atom. The van der Waals surface area contributed by atoms with Gasteiger partial charge in [-0.1, -0.05) is 62.3 Å². The van der Waals surface area contributed by atoms with Crippen molar-refractivity contribution in [1.29, 1.82) is 0 Å². The fraction of sp³-hybridized carbons (Fsp3) is 0.708. The minimum absolute atomic E-state index is 0.172. The van der Waals surface area contributed by atoms with Gasteiger partial charge in [0.25, 0.3) is 0 Å². The number of carbonyl (C=O) groups is 1. The molecule has 1 atom stereocenters. The lowest BCUT2D eigenvalue weighted by Gasteiger charge is -2.43. The van der Waals surface area contributed by atoms with Crippen molar-refractivity contribution >= 4 is 17.5 Å². The second-order valence-electron chi connectivity index (χ2n) is 9.16. The van der Waals surface area contributed by atoms with Gasteiger partial charge in [0, 0.05) is 43.3 Å². The Hall–Kier alpha value is -1.10. The molecule has 160 valence electrons. The van der Waals surface area contributed by atoms with Crippen LogP contribution in [-0.2, 0) is 4.79 Å². The molecular weight excluding hydrogens is 382 g/mol. The van der Waals surface area contributed by atoms with E-state index in [0.29, 0.717) is 6.04 Å². The molecule has 5 heteroatoms. The Balaban J connectivity index is 1.43. The second kappa shape index (κ2) is 10.3. The summed E-state index contributed by atoms with van der Waals surface area (Å²) in [5, 5.41) is 4.10. The average Bonchev–Trinajstić information content (AvgIpc) is 2.77. The third-order valence-corrected chi connectivity index (χ3v) is 7.44. The number of piperazine rings is 1. The zero-order valence-electron chi connectivity index (χ0n) is 17.6. The van der Waals surface area contributed by atoms with Gasteiger partial charge in [-0.2, -0.15) is 0 Å². The van der Waals surface area contributed by atoms with Crippen LogP contribution in [0, 0.1) is 0 Å². The molecule has 2 saturated carbocycles. The fourth-order valence-corrected chi connectivity index (χ4v) is 5.63. The molecule has 1 amide bonds. The maximum atomic E-state index is 13.4. The number of rotatable bonds is 5. The molecule has 1 saturated heterocycles. The molecule has 1 aromatic carbocycles. The predicted molar refractivity (Wildman–Crippen MR) is 119 cm³/mol. The summed E-state index contributed by atoms with van der Waals surface area (Å²) in [6.07, 6.45) is 12.9. The van der Waals surface area contributed by atoms with Gasteiger partial charge >= 0.3 is 0 Å². The normalized spacial score (nSPS) is 24.3. The SMILES string of the molecule is O=C(NC1CCCCC1)[C@@H](c1ccc(Cl)cc1)N1CCN(C2CCCCC2)CC1. The molecule has 0 aromatic heterocycles. The van der Waals surface area contributed by atoms with Crippen LogP contribution in [0.15, 0.2) is 24.3 Å². The molecule has 4 rings (SSSR count). The first-order valence-corrected chi connectivity index (χ1v) is 12.1. The minimum Gasteiger partial charge on any atom is -0.352 e. The average molecular weight is 418 g/mol. The van der Waals surface area contributed by atoms with E-state index in [1.165, 1.54) is 51.4 Å². The number of hydrogen-bond donors (Lipinski definition) is 1. The highest BCUT2D eigenvalue weighted by molar-refractivity contribution is 6.30. The van der Waals surface area contributed by atoms with Crippen LogP contribution in [0.25, 0.3) is 0 Å². The monoisotopic (exact) mass is 417 g/mol. The smallest absolute Gasteiger partial charge is 0.242 e. The van der Waals surface area contributed by atoms with Crippen LogP contribution in [0.4, 0.5) is 0 Å². The predicted octanol–water partition coefficient (Wildman–Crippen LogP) is 4.78. The van der Waals surface area contributed by atoms with E-state index >= 15 is 0 Å². The maximum Gasteiger partial charge on any atom is 0.242 e. The zero-order valence-corrected chi connectivity index (χ0v) is 18.4. The van der Waals surface area contributed by atoms with Crippen LogP contribution in [0.2, 0.25) is 5.02 Å². The quantitative estimate of drug-likeness (QED) is 0.748. The minimum atomic E-state index is -0.206. The molecule has 1 aromatic rings. The molecule has 29 heavy (non-hydrogen) atoms.